The predicted octanol–water partition coefficient (Wildman–Crippen LogP) is 2.70. The van der Waals surface area contributed by atoms with Gasteiger partial charge in [-0.3, -0.25) is 14.4 Å². The van der Waals surface area contributed by atoms with Crippen molar-refractivity contribution in [1.29, 1.82) is 0 Å². The molecule has 1 fully saturated rings. The largest absolute Gasteiger partial charge is 0.496 e. The van der Waals surface area contributed by atoms with Gasteiger partial charge in [0.05, 0.1) is 12.6 Å². The summed E-state index contributed by atoms with van der Waals surface area (Å²) in [5.74, 6) is -1.50. The van der Waals surface area contributed by atoms with Crippen molar-refractivity contribution in [2.24, 2.45) is 0 Å². The van der Waals surface area contributed by atoms with Crippen LogP contribution >= 0.6 is 0 Å². The predicted molar refractivity (Wildman–Crippen MR) is 139 cm³/mol. The van der Waals surface area contributed by atoms with Crippen molar-refractivity contribution in [3.63, 3.8) is 0 Å². The highest BCUT2D eigenvalue weighted by atomic mass is 16.5. The second-order valence-electron chi connectivity index (χ2n) is 8.96. The number of carboxylic acid groups (broad SMARTS) is 1. The third-order valence-corrected chi connectivity index (χ3v) is 6.53. The molecule has 2 aromatic carbocycles. The number of oxazole rings is 1. The van der Waals surface area contributed by atoms with Crippen molar-refractivity contribution in [1.82, 2.24) is 20.2 Å². The smallest absolute Gasteiger partial charge is 0.303 e. The van der Waals surface area contributed by atoms with Crippen LogP contribution in [0, 0.1) is 0 Å². The maximum absolute atomic E-state index is 13.4. The van der Waals surface area contributed by atoms with Gasteiger partial charge in [-0.1, -0.05) is 24.3 Å². The van der Waals surface area contributed by atoms with Crippen LogP contribution in [0.4, 0.5) is 6.01 Å². The van der Waals surface area contributed by atoms with Gasteiger partial charge in [0.2, 0.25) is 5.91 Å². The zero-order chi connectivity index (χ0) is 26.6. The Hall–Kier alpha value is -4.67. The van der Waals surface area contributed by atoms with Crippen LogP contribution < -0.4 is 15.0 Å². The van der Waals surface area contributed by atoms with Gasteiger partial charge < -0.3 is 29.4 Å². The number of rotatable bonds is 8. The molecule has 2 aromatic heterocycles. The number of carbonyl (C=O) groups is 3. The first-order valence-electron chi connectivity index (χ1n) is 12.3. The number of aliphatic carboxylic acids is 1. The summed E-state index contributed by atoms with van der Waals surface area (Å²) in [5.41, 5.74) is 2.10. The molecule has 4 aromatic rings. The fraction of sp³-hybridized carbons (Fsp3) is 0.296. The van der Waals surface area contributed by atoms with Crippen LogP contribution in [-0.2, 0) is 9.59 Å². The van der Waals surface area contributed by atoms with Crippen molar-refractivity contribution >= 4 is 45.8 Å². The lowest BCUT2D eigenvalue weighted by molar-refractivity contribution is -0.138. The summed E-state index contributed by atoms with van der Waals surface area (Å²) in [6.07, 6.45) is -0.315. The summed E-state index contributed by atoms with van der Waals surface area (Å²) >= 11 is 0. The van der Waals surface area contributed by atoms with E-state index in [9.17, 15) is 19.5 Å². The van der Waals surface area contributed by atoms with Gasteiger partial charge in [0.15, 0.2) is 5.58 Å². The normalized spacial score (nSPS) is 14.4. The number of fused-ring (bicyclic) bond motifs is 2. The minimum atomic E-state index is -1.05. The van der Waals surface area contributed by atoms with E-state index in [2.05, 4.69) is 15.3 Å². The number of benzene rings is 2. The number of amides is 2. The van der Waals surface area contributed by atoms with Crippen LogP contribution in [0.2, 0.25) is 0 Å². The molecule has 196 valence electrons. The van der Waals surface area contributed by atoms with Crippen molar-refractivity contribution in [3.05, 3.63) is 60.3 Å². The molecule has 1 aliphatic heterocycles. The molecule has 2 amide bonds. The molecule has 11 nitrogen and oxygen atoms in total. The average molecular weight is 518 g/mol. The second-order valence-corrected chi connectivity index (χ2v) is 8.96. The number of hydrogen-bond donors (Lipinski definition) is 2. The number of pyridine rings is 1. The first-order chi connectivity index (χ1) is 18.4. The number of ether oxygens (including phenoxy) is 1. The molecule has 0 bridgehead atoms. The number of nitrogens with one attached hydrogen (secondary N) is 1. The van der Waals surface area contributed by atoms with Gasteiger partial charge in [0, 0.05) is 44.1 Å². The van der Waals surface area contributed by atoms with E-state index >= 15 is 0 Å². The van der Waals surface area contributed by atoms with Crippen molar-refractivity contribution in [2.45, 2.75) is 18.9 Å². The maximum Gasteiger partial charge on any atom is 0.303 e. The van der Waals surface area contributed by atoms with E-state index in [-0.39, 0.29) is 24.4 Å². The first-order valence-corrected chi connectivity index (χ1v) is 12.3. The minimum absolute atomic E-state index is 0.0457. The molecule has 5 rings (SSSR count). The molecular formula is C27H27N5O6. The molecule has 1 saturated heterocycles. The first kappa shape index (κ1) is 25.0. The minimum Gasteiger partial charge on any atom is -0.496 e. The van der Waals surface area contributed by atoms with Crippen LogP contribution in [-0.4, -0.2) is 77.1 Å². The maximum atomic E-state index is 13.4. The molecule has 3 heterocycles. The number of carbonyl (C=O) groups excluding carboxylic acids is 2. The topological polar surface area (TPSA) is 138 Å². The summed E-state index contributed by atoms with van der Waals surface area (Å²) in [7, 11) is 1.50. The summed E-state index contributed by atoms with van der Waals surface area (Å²) < 4.78 is 11.3. The monoisotopic (exact) mass is 517 g/mol. The molecule has 1 unspecified atom stereocenters. The third-order valence-electron chi connectivity index (χ3n) is 6.53. The Morgan fingerprint density at radius 1 is 1.03 bits per heavy atom. The van der Waals surface area contributed by atoms with E-state index in [1.807, 2.05) is 41.3 Å². The fourth-order valence-corrected chi connectivity index (χ4v) is 4.52. The number of para-hydroxylation sites is 3. The Kier molecular flexibility index (Phi) is 7.07. The number of nitrogens with zero attached hydrogens (tertiary/aromatic N) is 4. The summed E-state index contributed by atoms with van der Waals surface area (Å²) in [5, 5.41) is 12.7. The highest BCUT2D eigenvalue weighted by molar-refractivity contribution is 5.99. The van der Waals surface area contributed by atoms with Gasteiger partial charge in [-0.05, 0) is 30.7 Å². The number of methoxy groups -OCH3 is 1. The fourth-order valence-electron chi connectivity index (χ4n) is 4.52. The zero-order valence-electron chi connectivity index (χ0n) is 20.8. The van der Waals surface area contributed by atoms with E-state index in [1.165, 1.54) is 13.2 Å². The quantitative estimate of drug-likeness (QED) is 0.361. The van der Waals surface area contributed by atoms with Crippen molar-refractivity contribution in [3.8, 4) is 5.75 Å². The van der Waals surface area contributed by atoms with E-state index < -0.39 is 17.9 Å². The molecule has 1 atom stereocenters. The Morgan fingerprint density at radius 2 is 1.74 bits per heavy atom. The summed E-state index contributed by atoms with van der Waals surface area (Å²) in [6.45, 7) is 1.72. The number of hydrogen-bond acceptors (Lipinski definition) is 8. The molecule has 0 spiro atoms. The van der Waals surface area contributed by atoms with Gasteiger partial charge in [-0.25, -0.2) is 4.98 Å². The molecule has 2 N–H and O–H groups in total. The molecule has 0 aliphatic carbocycles. The Morgan fingerprint density at radius 3 is 2.45 bits per heavy atom. The Labute approximate surface area is 218 Å². The zero-order valence-corrected chi connectivity index (χ0v) is 20.8. The van der Waals surface area contributed by atoms with E-state index in [0.717, 1.165) is 10.9 Å². The lowest BCUT2D eigenvalue weighted by Gasteiger charge is -2.35. The third kappa shape index (κ3) is 5.22. The number of anilines is 1. The number of aromatic nitrogens is 2. The van der Waals surface area contributed by atoms with Crippen LogP contribution in [0.1, 0.15) is 23.3 Å². The standard InChI is InChI=1S/C27H27N5O6/c1-37-23-16-21(28-18-7-3-2-6-17(18)23)25(35)29-20(10-11-24(33)34)26(36)31-12-14-32(15-13-31)27-30-19-8-4-5-9-22(19)38-27/h2-9,16,20H,10-15H2,1H3,(H,29,35)(H,33,34). The molecular weight excluding hydrogens is 490 g/mol. The second kappa shape index (κ2) is 10.8. The average Bonchev–Trinajstić information content (AvgIpc) is 3.38. The van der Waals surface area contributed by atoms with Crippen molar-refractivity contribution < 1.29 is 28.6 Å². The van der Waals surface area contributed by atoms with Gasteiger partial charge in [-0.15, -0.1) is 0 Å². The number of carboxylic acids is 1. The Balaban J connectivity index is 1.29. The van der Waals surface area contributed by atoms with Gasteiger partial charge in [0.25, 0.3) is 11.9 Å². The van der Waals surface area contributed by atoms with E-state index in [0.29, 0.717) is 49.0 Å². The van der Waals surface area contributed by atoms with Crippen LogP contribution in [0.15, 0.2) is 59.0 Å². The lowest BCUT2D eigenvalue weighted by atomic mass is 10.1. The SMILES string of the molecule is COc1cc(C(=O)NC(CCC(=O)O)C(=O)N2CCN(c3nc4ccccc4o3)CC2)nc2ccccc12. The van der Waals surface area contributed by atoms with Crippen LogP contribution in [0.5, 0.6) is 5.75 Å². The van der Waals surface area contributed by atoms with Gasteiger partial charge >= 0.3 is 5.97 Å². The van der Waals surface area contributed by atoms with Gasteiger partial charge in [-0.2, -0.15) is 4.98 Å². The van der Waals surface area contributed by atoms with Crippen molar-refractivity contribution in [2.75, 3.05) is 38.2 Å². The molecule has 1 aliphatic rings. The van der Waals surface area contributed by atoms with Gasteiger partial charge in [0.1, 0.15) is 23.0 Å². The van der Waals surface area contributed by atoms with Crippen LogP contribution in [0.3, 0.4) is 0 Å². The van der Waals surface area contributed by atoms with Crippen LogP contribution in [0.25, 0.3) is 22.0 Å². The summed E-state index contributed by atoms with van der Waals surface area (Å²) in [4.78, 5) is 50.3. The molecule has 38 heavy (non-hydrogen) atoms. The lowest BCUT2D eigenvalue weighted by Crippen LogP contribution is -2.55. The Bertz CT molecular complexity index is 1460. The number of piperazine rings is 1. The molecule has 11 heteroatoms. The molecule has 0 radical (unpaired) electrons. The van der Waals surface area contributed by atoms with E-state index in [1.54, 1.807) is 17.0 Å². The summed E-state index contributed by atoms with van der Waals surface area (Å²) in [6, 6.07) is 15.7. The molecule has 0 saturated carbocycles. The highest BCUT2D eigenvalue weighted by Gasteiger charge is 2.31. The highest BCUT2D eigenvalue weighted by Crippen LogP contribution is 2.25. The van der Waals surface area contributed by atoms with E-state index in [4.69, 9.17) is 9.15 Å².